The van der Waals surface area contributed by atoms with Gasteiger partial charge < -0.3 is 5.32 Å². The molecule has 4 aromatic rings. The van der Waals surface area contributed by atoms with E-state index in [1.807, 2.05) is 36.4 Å². The SMILES string of the molecule is C=c1c(Cc2ccc(F)cc2)nc2n1C=C(c1ccccc1)NC=2Cc1ccccc1. The van der Waals surface area contributed by atoms with Crippen molar-refractivity contribution in [2.45, 2.75) is 12.8 Å². The second-order valence-electron chi connectivity index (χ2n) is 7.68. The molecule has 0 amide bonds. The van der Waals surface area contributed by atoms with E-state index in [1.165, 1.54) is 17.7 Å². The second-order valence-corrected chi connectivity index (χ2v) is 7.68. The number of nitrogens with zero attached hydrogens (tertiary/aromatic N) is 2. The Labute approximate surface area is 180 Å². The average molecular weight is 407 g/mol. The average Bonchev–Trinajstić information content (AvgIpc) is 3.12. The van der Waals surface area contributed by atoms with Crippen LogP contribution < -0.4 is 16.1 Å². The van der Waals surface area contributed by atoms with Gasteiger partial charge in [-0.2, -0.15) is 0 Å². The van der Waals surface area contributed by atoms with E-state index >= 15 is 0 Å². The number of aromatic nitrogens is 2. The summed E-state index contributed by atoms with van der Waals surface area (Å²) in [6.45, 7) is 4.32. The van der Waals surface area contributed by atoms with E-state index in [0.717, 1.165) is 45.5 Å². The summed E-state index contributed by atoms with van der Waals surface area (Å²) in [5.74, 6) is -0.235. The van der Waals surface area contributed by atoms with Crippen molar-refractivity contribution in [3.63, 3.8) is 0 Å². The summed E-state index contributed by atoms with van der Waals surface area (Å²) in [4.78, 5) is 4.94. The van der Waals surface area contributed by atoms with E-state index < -0.39 is 0 Å². The summed E-state index contributed by atoms with van der Waals surface area (Å²) in [5, 5.41) is 4.45. The molecule has 5 rings (SSSR count). The highest BCUT2D eigenvalue weighted by Gasteiger charge is 2.17. The van der Waals surface area contributed by atoms with Crippen molar-refractivity contribution in [3.05, 3.63) is 124 Å². The third-order valence-electron chi connectivity index (χ3n) is 5.50. The number of nitrogens with one attached hydrogen (secondary N) is 1. The maximum absolute atomic E-state index is 13.3. The van der Waals surface area contributed by atoms with Crippen LogP contribution >= 0.6 is 0 Å². The number of rotatable bonds is 5. The molecule has 1 aliphatic heterocycles. The minimum Gasteiger partial charge on any atom is -0.354 e. The molecule has 152 valence electrons. The van der Waals surface area contributed by atoms with Crippen LogP contribution in [0, 0.1) is 5.82 Å². The number of fused-ring (bicyclic) bond motifs is 1. The van der Waals surface area contributed by atoms with E-state index in [0.29, 0.717) is 6.42 Å². The van der Waals surface area contributed by atoms with Crippen molar-refractivity contribution < 1.29 is 4.39 Å². The lowest BCUT2D eigenvalue weighted by Gasteiger charge is -2.19. The lowest BCUT2D eigenvalue weighted by atomic mass is 10.1. The minimum atomic E-state index is -0.235. The van der Waals surface area contributed by atoms with Gasteiger partial charge >= 0.3 is 0 Å². The first-order valence-electron chi connectivity index (χ1n) is 10.3. The lowest BCUT2D eigenvalue weighted by molar-refractivity contribution is 0.627. The molecule has 0 fully saturated rings. The van der Waals surface area contributed by atoms with Crippen LogP contribution in [0.15, 0.2) is 84.9 Å². The normalized spacial score (nSPS) is 12.8. The van der Waals surface area contributed by atoms with Gasteiger partial charge in [-0.3, -0.25) is 4.57 Å². The molecule has 0 spiro atoms. The molecule has 0 bridgehead atoms. The quantitative estimate of drug-likeness (QED) is 0.543. The van der Waals surface area contributed by atoms with Gasteiger partial charge in [0.15, 0.2) is 5.48 Å². The topological polar surface area (TPSA) is 29.9 Å². The molecule has 0 saturated heterocycles. The predicted octanol–water partition coefficient (Wildman–Crippen LogP) is 3.93. The molecule has 0 unspecified atom stereocenters. The summed E-state index contributed by atoms with van der Waals surface area (Å²) in [6, 6.07) is 27.2. The van der Waals surface area contributed by atoms with Crippen LogP contribution in [-0.4, -0.2) is 9.55 Å². The van der Waals surface area contributed by atoms with E-state index in [-0.39, 0.29) is 5.82 Å². The smallest absolute Gasteiger partial charge is 0.157 e. The zero-order chi connectivity index (χ0) is 21.2. The molecule has 1 N–H and O–H groups in total. The summed E-state index contributed by atoms with van der Waals surface area (Å²) < 4.78 is 15.4. The molecule has 0 atom stereocenters. The molecule has 0 saturated carbocycles. The van der Waals surface area contributed by atoms with Crippen LogP contribution in [0.1, 0.15) is 22.4 Å². The summed E-state index contributed by atoms with van der Waals surface area (Å²) >= 11 is 0. The largest absolute Gasteiger partial charge is 0.354 e. The van der Waals surface area contributed by atoms with Crippen molar-refractivity contribution in [2.24, 2.45) is 0 Å². The first kappa shape index (κ1) is 19.1. The van der Waals surface area contributed by atoms with Gasteiger partial charge in [0.05, 0.1) is 22.4 Å². The van der Waals surface area contributed by atoms with E-state index in [1.54, 1.807) is 12.1 Å². The number of imidazole rings is 1. The Kier molecular flexibility index (Phi) is 4.97. The van der Waals surface area contributed by atoms with Gasteiger partial charge in [-0.15, -0.1) is 0 Å². The van der Waals surface area contributed by atoms with Crippen molar-refractivity contribution in [1.29, 1.82) is 0 Å². The highest BCUT2D eigenvalue weighted by atomic mass is 19.1. The fourth-order valence-electron chi connectivity index (χ4n) is 3.87. The Balaban J connectivity index is 1.61. The van der Waals surface area contributed by atoms with Gasteiger partial charge in [0.25, 0.3) is 0 Å². The molecular weight excluding hydrogens is 385 g/mol. The first-order chi connectivity index (χ1) is 15.2. The monoisotopic (exact) mass is 407 g/mol. The zero-order valence-electron chi connectivity index (χ0n) is 17.1. The molecule has 1 aliphatic rings. The third-order valence-corrected chi connectivity index (χ3v) is 5.50. The molecule has 1 aromatic heterocycles. The van der Waals surface area contributed by atoms with Crippen LogP contribution in [0.5, 0.6) is 0 Å². The maximum Gasteiger partial charge on any atom is 0.157 e. The molecule has 0 aliphatic carbocycles. The van der Waals surface area contributed by atoms with Gasteiger partial charge in [0.1, 0.15) is 5.82 Å². The Hall–Kier alpha value is -3.92. The summed E-state index contributed by atoms with van der Waals surface area (Å²) in [5.41, 5.74) is 7.11. The zero-order valence-corrected chi connectivity index (χ0v) is 17.1. The van der Waals surface area contributed by atoms with Crippen molar-refractivity contribution >= 4 is 24.2 Å². The molecule has 4 heteroatoms. The fraction of sp³-hybridized carbons (Fsp3) is 0.0741. The summed E-state index contributed by atoms with van der Waals surface area (Å²) in [7, 11) is 0. The van der Waals surface area contributed by atoms with Gasteiger partial charge in [-0.1, -0.05) is 79.4 Å². The first-order valence-corrected chi connectivity index (χ1v) is 10.3. The van der Waals surface area contributed by atoms with Crippen molar-refractivity contribution in [3.8, 4) is 0 Å². The maximum atomic E-state index is 13.3. The fourth-order valence-corrected chi connectivity index (χ4v) is 3.87. The Morgan fingerprint density at radius 1 is 0.806 bits per heavy atom. The van der Waals surface area contributed by atoms with Gasteiger partial charge in [0.2, 0.25) is 0 Å². The Morgan fingerprint density at radius 3 is 2.16 bits per heavy atom. The van der Waals surface area contributed by atoms with Crippen LogP contribution in [0.4, 0.5) is 4.39 Å². The molecule has 0 radical (unpaired) electrons. The van der Waals surface area contributed by atoms with Crippen LogP contribution in [0.2, 0.25) is 0 Å². The molecule has 2 heterocycles. The molecular formula is C27H22FN3. The van der Waals surface area contributed by atoms with Gasteiger partial charge in [-0.05, 0) is 28.8 Å². The Morgan fingerprint density at radius 2 is 1.45 bits per heavy atom. The van der Waals surface area contributed by atoms with Crippen molar-refractivity contribution in [2.75, 3.05) is 0 Å². The van der Waals surface area contributed by atoms with Crippen LogP contribution in [0.25, 0.3) is 24.2 Å². The highest BCUT2D eigenvalue weighted by Crippen LogP contribution is 2.18. The number of hydrogen-bond acceptors (Lipinski definition) is 2. The van der Waals surface area contributed by atoms with E-state index in [2.05, 4.69) is 46.9 Å². The standard InChI is InChI=1S/C27H22FN3/c1-19-24(16-21-12-14-23(28)15-13-21)30-27-25(17-20-8-4-2-5-9-20)29-26(18-31(19)27)22-10-6-3-7-11-22/h2-15,18,29H,1,16-17H2. The van der Waals surface area contributed by atoms with Gasteiger partial charge in [0, 0.05) is 19.0 Å². The Bertz CT molecular complexity index is 1350. The van der Waals surface area contributed by atoms with E-state index in [9.17, 15) is 4.39 Å². The highest BCUT2D eigenvalue weighted by molar-refractivity contribution is 5.80. The van der Waals surface area contributed by atoms with Crippen molar-refractivity contribution in [1.82, 2.24) is 14.9 Å². The number of hydrogen-bond donors (Lipinski definition) is 1. The third kappa shape index (κ3) is 3.92. The predicted molar refractivity (Wildman–Crippen MR) is 124 cm³/mol. The van der Waals surface area contributed by atoms with E-state index in [4.69, 9.17) is 4.98 Å². The lowest BCUT2D eigenvalue weighted by Crippen LogP contribution is -2.35. The second kappa shape index (κ2) is 8.07. The molecule has 3 aromatic carbocycles. The number of halogens is 1. The number of benzene rings is 3. The molecule has 31 heavy (non-hydrogen) atoms. The van der Waals surface area contributed by atoms with Crippen LogP contribution in [-0.2, 0) is 12.8 Å². The molecule has 3 nitrogen and oxygen atoms in total. The van der Waals surface area contributed by atoms with Crippen LogP contribution in [0.3, 0.4) is 0 Å². The van der Waals surface area contributed by atoms with Gasteiger partial charge in [-0.25, -0.2) is 9.37 Å². The minimum absolute atomic E-state index is 0.235. The summed E-state index contributed by atoms with van der Waals surface area (Å²) in [6.07, 6.45) is 3.40.